The molecular weight excluding hydrogens is 372 g/mol. The molecule has 3 amide bonds. The number of carbonyl (C=O) groups is 3. The average Bonchev–Trinajstić information content (AvgIpc) is 2.94. The summed E-state index contributed by atoms with van der Waals surface area (Å²) in [6.07, 6.45) is 1.35. The third-order valence-corrected chi connectivity index (χ3v) is 5.67. The maximum atomic E-state index is 12.7. The minimum atomic E-state index is -0.911. The van der Waals surface area contributed by atoms with Gasteiger partial charge in [0.1, 0.15) is 5.54 Å². The number of rotatable bonds is 4. The molecule has 0 bridgehead atoms. The van der Waals surface area contributed by atoms with E-state index in [4.69, 9.17) is 9.72 Å². The Labute approximate surface area is 168 Å². The van der Waals surface area contributed by atoms with Crippen LogP contribution in [0.2, 0.25) is 0 Å². The molecule has 1 atom stereocenters. The number of hydrogen-bond acceptors (Lipinski definition) is 6. The number of likely N-dealkylation sites (tertiary alicyclic amines) is 1. The van der Waals surface area contributed by atoms with Crippen LogP contribution in [-0.4, -0.2) is 53.0 Å². The molecule has 2 aliphatic rings. The lowest BCUT2D eigenvalue weighted by molar-refractivity contribution is -0.126. The van der Waals surface area contributed by atoms with E-state index in [2.05, 4.69) is 15.5 Å². The molecule has 8 heteroatoms. The number of nitrogens with zero attached hydrogens (tertiary/aromatic N) is 2. The fourth-order valence-corrected chi connectivity index (χ4v) is 4.34. The van der Waals surface area contributed by atoms with Gasteiger partial charge < -0.3 is 10.1 Å². The molecule has 0 aliphatic carbocycles. The minimum absolute atomic E-state index is 0.281. The van der Waals surface area contributed by atoms with Gasteiger partial charge in [-0.1, -0.05) is 18.2 Å². The first-order valence-electron chi connectivity index (χ1n) is 9.85. The van der Waals surface area contributed by atoms with E-state index in [-0.39, 0.29) is 12.5 Å². The van der Waals surface area contributed by atoms with E-state index in [0.29, 0.717) is 30.8 Å². The lowest BCUT2D eigenvalue weighted by Gasteiger charge is -2.38. The second kappa shape index (κ2) is 7.44. The Morgan fingerprint density at radius 2 is 2.10 bits per heavy atom. The molecule has 1 spiro atoms. The highest BCUT2D eigenvalue weighted by molar-refractivity contribution is 6.07. The van der Waals surface area contributed by atoms with Crippen molar-refractivity contribution >= 4 is 28.8 Å². The van der Waals surface area contributed by atoms with Gasteiger partial charge in [0, 0.05) is 18.5 Å². The zero-order chi connectivity index (χ0) is 20.6. The second-order valence-corrected chi connectivity index (χ2v) is 7.60. The van der Waals surface area contributed by atoms with Crippen molar-refractivity contribution < 1.29 is 19.1 Å². The lowest BCUT2D eigenvalue weighted by Crippen LogP contribution is -2.58. The number of imide groups is 1. The highest BCUT2D eigenvalue weighted by Crippen LogP contribution is 2.28. The van der Waals surface area contributed by atoms with Gasteiger partial charge in [-0.15, -0.1) is 0 Å². The first-order valence-corrected chi connectivity index (χ1v) is 9.85. The summed E-state index contributed by atoms with van der Waals surface area (Å²) in [6, 6.07) is 7.24. The van der Waals surface area contributed by atoms with Crippen molar-refractivity contribution in [3.63, 3.8) is 0 Å². The van der Waals surface area contributed by atoms with Crippen molar-refractivity contribution in [2.75, 3.05) is 19.7 Å². The van der Waals surface area contributed by atoms with E-state index in [1.165, 1.54) is 0 Å². The molecule has 3 heterocycles. The van der Waals surface area contributed by atoms with Gasteiger partial charge in [-0.25, -0.2) is 9.59 Å². The van der Waals surface area contributed by atoms with Crippen LogP contribution < -0.4 is 10.6 Å². The molecule has 8 nitrogen and oxygen atoms in total. The van der Waals surface area contributed by atoms with E-state index in [1.807, 2.05) is 31.2 Å². The molecule has 0 radical (unpaired) electrons. The number of piperidine rings is 1. The van der Waals surface area contributed by atoms with Crippen molar-refractivity contribution in [3.8, 4) is 0 Å². The van der Waals surface area contributed by atoms with Crippen LogP contribution in [0.15, 0.2) is 24.3 Å². The predicted octanol–water partition coefficient (Wildman–Crippen LogP) is 1.89. The third kappa shape index (κ3) is 3.44. The molecule has 4 rings (SSSR count). The molecule has 0 saturated carbocycles. The molecule has 29 heavy (non-hydrogen) atoms. The maximum absolute atomic E-state index is 12.7. The van der Waals surface area contributed by atoms with Gasteiger partial charge >= 0.3 is 12.0 Å². The van der Waals surface area contributed by atoms with Crippen LogP contribution in [0.4, 0.5) is 4.79 Å². The number of esters is 1. The molecule has 1 unspecified atom stereocenters. The molecule has 1 aromatic heterocycles. The van der Waals surface area contributed by atoms with Crippen LogP contribution in [0.1, 0.15) is 41.4 Å². The molecule has 2 saturated heterocycles. The maximum Gasteiger partial charge on any atom is 0.340 e. The lowest BCUT2D eigenvalue weighted by atomic mass is 9.89. The highest BCUT2D eigenvalue weighted by Gasteiger charge is 2.48. The average molecular weight is 396 g/mol. The van der Waals surface area contributed by atoms with E-state index in [1.54, 1.807) is 6.92 Å². The fraction of sp³-hybridized carbons (Fsp3) is 0.429. The number of ether oxygens (including phenoxy) is 1. The van der Waals surface area contributed by atoms with Gasteiger partial charge in [0.2, 0.25) is 0 Å². The Kier molecular flexibility index (Phi) is 4.96. The van der Waals surface area contributed by atoms with Gasteiger partial charge in [-0.3, -0.25) is 20.0 Å². The largest absolute Gasteiger partial charge is 0.462 e. The third-order valence-electron chi connectivity index (χ3n) is 5.67. The first-order chi connectivity index (χ1) is 13.9. The molecule has 2 aliphatic heterocycles. The number of carbonyl (C=O) groups excluding carboxylic acids is 3. The Morgan fingerprint density at radius 3 is 2.83 bits per heavy atom. The summed E-state index contributed by atoms with van der Waals surface area (Å²) < 4.78 is 5.29. The van der Waals surface area contributed by atoms with Crippen molar-refractivity contribution in [1.29, 1.82) is 0 Å². The van der Waals surface area contributed by atoms with Crippen molar-refractivity contribution in [2.24, 2.45) is 0 Å². The van der Waals surface area contributed by atoms with Gasteiger partial charge in [0.15, 0.2) is 0 Å². The van der Waals surface area contributed by atoms with E-state index >= 15 is 0 Å². The van der Waals surface area contributed by atoms with E-state index < -0.39 is 17.5 Å². The summed E-state index contributed by atoms with van der Waals surface area (Å²) >= 11 is 0. The first kappa shape index (κ1) is 19.3. The van der Waals surface area contributed by atoms with Crippen LogP contribution in [0.25, 0.3) is 10.9 Å². The molecule has 152 valence electrons. The second-order valence-electron chi connectivity index (χ2n) is 7.60. The van der Waals surface area contributed by atoms with Gasteiger partial charge in [0.05, 0.1) is 23.4 Å². The monoisotopic (exact) mass is 396 g/mol. The number of aromatic nitrogens is 1. The number of fused-ring (bicyclic) bond motifs is 1. The van der Waals surface area contributed by atoms with Gasteiger partial charge in [0.25, 0.3) is 5.91 Å². The van der Waals surface area contributed by atoms with Gasteiger partial charge in [-0.2, -0.15) is 0 Å². The van der Waals surface area contributed by atoms with Gasteiger partial charge in [-0.05, 0) is 44.9 Å². The Hall–Kier alpha value is -3.00. The molecule has 2 fully saturated rings. The smallest absolute Gasteiger partial charge is 0.340 e. The predicted molar refractivity (Wildman–Crippen MR) is 106 cm³/mol. The number of amides is 3. The van der Waals surface area contributed by atoms with Crippen molar-refractivity contribution in [3.05, 3.63) is 41.1 Å². The standard InChI is InChI=1S/C21H24N4O4/c1-3-29-18(26)17-13(2)14-7-4-5-8-15(14)22-16(17)11-25-10-6-9-21(12-25)19(27)23-20(28)24-21/h4-5,7-8H,3,6,9-12H2,1-2H3,(H2,23,24,27,28). The zero-order valence-corrected chi connectivity index (χ0v) is 16.6. The number of hydrogen-bond donors (Lipinski definition) is 2. The SMILES string of the molecule is CCOC(=O)c1c(CN2CCCC3(C2)NC(=O)NC3=O)nc2ccccc2c1C. The molecular formula is C21H24N4O4. The Morgan fingerprint density at radius 1 is 1.31 bits per heavy atom. The number of pyridine rings is 1. The van der Waals surface area contributed by atoms with Crippen LogP contribution in [-0.2, 0) is 16.1 Å². The van der Waals surface area contributed by atoms with Crippen molar-refractivity contribution in [2.45, 2.75) is 38.8 Å². The summed E-state index contributed by atoms with van der Waals surface area (Å²) in [7, 11) is 0. The summed E-state index contributed by atoms with van der Waals surface area (Å²) in [5.41, 5.74) is 1.84. The normalized spacial score (nSPS) is 22.0. The van der Waals surface area contributed by atoms with Crippen LogP contribution in [0.3, 0.4) is 0 Å². The minimum Gasteiger partial charge on any atom is -0.462 e. The van der Waals surface area contributed by atoms with Crippen LogP contribution in [0.5, 0.6) is 0 Å². The quantitative estimate of drug-likeness (QED) is 0.605. The zero-order valence-electron chi connectivity index (χ0n) is 16.6. The molecule has 2 aromatic rings. The molecule has 2 N–H and O–H groups in total. The summed E-state index contributed by atoms with van der Waals surface area (Å²) in [6.45, 7) is 5.48. The number of benzene rings is 1. The summed E-state index contributed by atoms with van der Waals surface area (Å²) in [5, 5.41) is 6.03. The topological polar surface area (TPSA) is 101 Å². The highest BCUT2D eigenvalue weighted by atomic mass is 16.5. The number of urea groups is 1. The Balaban J connectivity index is 1.69. The summed E-state index contributed by atoms with van der Waals surface area (Å²) in [5.74, 6) is -0.683. The van der Waals surface area contributed by atoms with E-state index in [9.17, 15) is 14.4 Å². The number of nitrogens with one attached hydrogen (secondary N) is 2. The molecule has 1 aromatic carbocycles. The number of aryl methyl sites for hydroxylation is 1. The Bertz CT molecular complexity index is 1010. The van der Waals surface area contributed by atoms with Crippen molar-refractivity contribution in [1.82, 2.24) is 20.5 Å². The van der Waals surface area contributed by atoms with Crippen LogP contribution in [0, 0.1) is 6.92 Å². The fourth-order valence-electron chi connectivity index (χ4n) is 4.34. The number of para-hydroxylation sites is 1. The van der Waals surface area contributed by atoms with Crippen LogP contribution >= 0.6 is 0 Å². The summed E-state index contributed by atoms with van der Waals surface area (Å²) in [4.78, 5) is 43.5. The van der Waals surface area contributed by atoms with E-state index in [0.717, 1.165) is 29.4 Å².